The first-order valence-electron chi connectivity index (χ1n) is 9.76. The van der Waals surface area contributed by atoms with E-state index in [-0.39, 0.29) is 5.91 Å². The van der Waals surface area contributed by atoms with Gasteiger partial charge in [-0.1, -0.05) is 0 Å². The van der Waals surface area contributed by atoms with Crippen LogP contribution in [0.5, 0.6) is 0 Å². The first kappa shape index (κ1) is 18.2. The molecule has 0 aromatic carbocycles. The van der Waals surface area contributed by atoms with E-state index in [4.69, 9.17) is 0 Å². The van der Waals surface area contributed by atoms with E-state index in [0.29, 0.717) is 17.0 Å². The van der Waals surface area contributed by atoms with Crippen LogP contribution >= 0.6 is 0 Å². The highest BCUT2D eigenvalue weighted by molar-refractivity contribution is 6.09. The lowest BCUT2D eigenvalue weighted by molar-refractivity contribution is 0.102. The third kappa shape index (κ3) is 3.35. The molecule has 4 aromatic heterocycles. The molecule has 0 bridgehead atoms. The van der Waals surface area contributed by atoms with Gasteiger partial charge in [-0.2, -0.15) is 5.10 Å². The Kier molecular flexibility index (Phi) is 4.78. The van der Waals surface area contributed by atoms with Gasteiger partial charge < -0.3 is 15.5 Å². The second-order valence-electron chi connectivity index (χ2n) is 6.93. The predicted molar refractivity (Wildman–Crippen MR) is 113 cm³/mol. The summed E-state index contributed by atoms with van der Waals surface area (Å²) in [5.41, 5.74) is 3.48. The van der Waals surface area contributed by atoms with Crippen LogP contribution in [0, 0.1) is 0 Å². The normalized spacial score (nSPS) is 14.1. The SMILES string of the molecule is O=C(Nc1ncccc1N1CCNCC1)c1cnn2c(-c3cccnc3)ccnc12. The Bertz CT molecular complexity index is 1180. The van der Waals surface area contributed by atoms with Crippen molar-refractivity contribution in [1.29, 1.82) is 0 Å². The molecule has 2 N–H and O–H groups in total. The maximum absolute atomic E-state index is 13.1. The first-order chi connectivity index (χ1) is 14.8. The van der Waals surface area contributed by atoms with Crippen molar-refractivity contribution >= 4 is 23.1 Å². The molecule has 4 aromatic rings. The molecule has 0 radical (unpaired) electrons. The number of carbonyl (C=O) groups is 1. The average molecular weight is 400 g/mol. The molecule has 150 valence electrons. The van der Waals surface area contributed by atoms with Gasteiger partial charge in [0.2, 0.25) is 0 Å². The van der Waals surface area contributed by atoms with E-state index < -0.39 is 0 Å². The van der Waals surface area contributed by atoms with Gasteiger partial charge in [0.05, 0.1) is 17.6 Å². The van der Waals surface area contributed by atoms with Gasteiger partial charge in [0.1, 0.15) is 5.56 Å². The number of anilines is 2. The third-order valence-electron chi connectivity index (χ3n) is 5.08. The van der Waals surface area contributed by atoms with E-state index in [1.807, 2.05) is 30.3 Å². The van der Waals surface area contributed by atoms with Gasteiger partial charge >= 0.3 is 0 Å². The summed E-state index contributed by atoms with van der Waals surface area (Å²) in [5.74, 6) is 0.239. The Balaban J connectivity index is 1.47. The van der Waals surface area contributed by atoms with Crippen molar-refractivity contribution in [1.82, 2.24) is 29.9 Å². The lowest BCUT2D eigenvalue weighted by atomic mass is 10.2. The van der Waals surface area contributed by atoms with E-state index in [1.165, 1.54) is 6.20 Å². The van der Waals surface area contributed by atoms with E-state index in [0.717, 1.165) is 43.1 Å². The molecule has 9 nitrogen and oxygen atoms in total. The number of nitrogens with one attached hydrogen (secondary N) is 2. The number of carbonyl (C=O) groups excluding carboxylic acids is 1. The monoisotopic (exact) mass is 400 g/mol. The van der Waals surface area contributed by atoms with Gasteiger partial charge in [0.15, 0.2) is 11.5 Å². The van der Waals surface area contributed by atoms with Crippen LogP contribution in [0.15, 0.2) is 61.3 Å². The van der Waals surface area contributed by atoms with Gasteiger partial charge in [-0.15, -0.1) is 0 Å². The van der Waals surface area contributed by atoms with Crippen LogP contribution in [0.4, 0.5) is 11.5 Å². The van der Waals surface area contributed by atoms with Gasteiger partial charge in [-0.25, -0.2) is 14.5 Å². The van der Waals surface area contributed by atoms with E-state index in [1.54, 1.807) is 29.3 Å². The predicted octanol–water partition coefficient (Wildman–Crippen LogP) is 1.85. The molecular weight excluding hydrogens is 380 g/mol. The van der Waals surface area contributed by atoms with Crippen molar-refractivity contribution in [2.24, 2.45) is 0 Å². The van der Waals surface area contributed by atoms with E-state index in [2.05, 4.69) is 35.6 Å². The molecule has 1 aliphatic rings. The highest BCUT2D eigenvalue weighted by Crippen LogP contribution is 2.25. The summed E-state index contributed by atoms with van der Waals surface area (Å²) in [7, 11) is 0. The number of pyridine rings is 2. The molecule has 0 aliphatic carbocycles. The van der Waals surface area contributed by atoms with Crippen LogP contribution in [0.25, 0.3) is 16.9 Å². The molecule has 5 heterocycles. The van der Waals surface area contributed by atoms with Crippen LogP contribution in [-0.2, 0) is 0 Å². The van der Waals surface area contributed by atoms with Crippen LogP contribution < -0.4 is 15.5 Å². The number of piperazine rings is 1. The Morgan fingerprint density at radius 1 is 1.00 bits per heavy atom. The lowest BCUT2D eigenvalue weighted by Crippen LogP contribution is -2.43. The van der Waals surface area contributed by atoms with Gasteiger partial charge in [0.25, 0.3) is 5.91 Å². The largest absolute Gasteiger partial charge is 0.366 e. The van der Waals surface area contributed by atoms with Crippen molar-refractivity contribution < 1.29 is 4.79 Å². The van der Waals surface area contributed by atoms with Gasteiger partial charge in [0, 0.05) is 56.5 Å². The number of amides is 1. The summed E-state index contributed by atoms with van der Waals surface area (Å²) in [6.45, 7) is 3.53. The molecule has 1 saturated heterocycles. The fourth-order valence-corrected chi connectivity index (χ4v) is 3.61. The molecule has 0 atom stereocenters. The minimum absolute atomic E-state index is 0.295. The molecule has 0 spiro atoms. The molecule has 1 fully saturated rings. The maximum Gasteiger partial charge on any atom is 0.262 e. The zero-order valence-electron chi connectivity index (χ0n) is 16.2. The Morgan fingerprint density at radius 3 is 2.70 bits per heavy atom. The van der Waals surface area contributed by atoms with Crippen LogP contribution in [0.1, 0.15) is 10.4 Å². The summed E-state index contributed by atoms with van der Waals surface area (Å²) >= 11 is 0. The van der Waals surface area contributed by atoms with Gasteiger partial charge in [-0.05, 0) is 30.3 Å². The van der Waals surface area contributed by atoms with Crippen molar-refractivity contribution in [3.05, 3.63) is 66.9 Å². The zero-order valence-corrected chi connectivity index (χ0v) is 16.2. The molecule has 9 heteroatoms. The Hall–Kier alpha value is -3.85. The second kappa shape index (κ2) is 7.88. The number of aromatic nitrogens is 5. The summed E-state index contributed by atoms with van der Waals surface area (Å²) in [4.78, 5) is 28.2. The smallest absolute Gasteiger partial charge is 0.262 e. The molecule has 1 amide bonds. The third-order valence-corrected chi connectivity index (χ3v) is 5.08. The van der Waals surface area contributed by atoms with E-state index >= 15 is 0 Å². The van der Waals surface area contributed by atoms with Crippen LogP contribution in [0.2, 0.25) is 0 Å². The van der Waals surface area contributed by atoms with E-state index in [9.17, 15) is 4.79 Å². The molecule has 30 heavy (non-hydrogen) atoms. The van der Waals surface area contributed by atoms with Crippen molar-refractivity contribution in [3.63, 3.8) is 0 Å². The minimum Gasteiger partial charge on any atom is -0.366 e. The van der Waals surface area contributed by atoms with Crippen molar-refractivity contribution in [2.45, 2.75) is 0 Å². The molecule has 0 unspecified atom stereocenters. The zero-order chi connectivity index (χ0) is 20.3. The fraction of sp³-hybridized carbons (Fsp3) is 0.190. The van der Waals surface area contributed by atoms with Crippen molar-refractivity contribution in [2.75, 3.05) is 36.4 Å². The Labute approximate surface area is 172 Å². The number of rotatable bonds is 4. The maximum atomic E-state index is 13.1. The minimum atomic E-state index is -0.295. The van der Waals surface area contributed by atoms with Crippen LogP contribution in [-0.4, -0.2) is 56.7 Å². The Morgan fingerprint density at radius 2 is 1.87 bits per heavy atom. The quantitative estimate of drug-likeness (QED) is 0.539. The highest BCUT2D eigenvalue weighted by atomic mass is 16.1. The van der Waals surface area contributed by atoms with Crippen molar-refractivity contribution in [3.8, 4) is 11.3 Å². The number of nitrogens with zero attached hydrogens (tertiary/aromatic N) is 6. The standard InChI is InChI=1S/C21H20N8O/c30-21(27-19-18(4-2-7-24-19)28-11-9-22-10-12-28)16-14-26-29-17(5-8-25-20(16)29)15-3-1-6-23-13-15/h1-8,13-14,22H,9-12H2,(H,24,27,30). The van der Waals surface area contributed by atoms with Crippen LogP contribution in [0.3, 0.4) is 0 Å². The second-order valence-corrected chi connectivity index (χ2v) is 6.93. The molecular formula is C21H20N8O. The summed E-state index contributed by atoms with van der Waals surface area (Å²) < 4.78 is 1.65. The average Bonchev–Trinajstić information content (AvgIpc) is 3.25. The fourth-order valence-electron chi connectivity index (χ4n) is 3.61. The van der Waals surface area contributed by atoms with Gasteiger partial charge in [-0.3, -0.25) is 9.78 Å². The summed E-state index contributed by atoms with van der Waals surface area (Å²) in [6, 6.07) is 9.50. The summed E-state index contributed by atoms with van der Waals surface area (Å²) in [6.07, 6.45) is 8.35. The first-order valence-corrected chi connectivity index (χ1v) is 9.76. The molecule has 1 aliphatic heterocycles. The summed E-state index contributed by atoms with van der Waals surface area (Å²) in [5, 5.41) is 10.7. The number of fused-ring (bicyclic) bond motifs is 1. The number of hydrogen-bond donors (Lipinski definition) is 2. The molecule has 0 saturated carbocycles. The molecule has 5 rings (SSSR count). The number of hydrogen-bond acceptors (Lipinski definition) is 7. The topological polar surface area (TPSA) is 100 Å². The highest BCUT2D eigenvalue weighted by Gasteiger charge is 2.20. The lowest BCUT2D eigenvalue weighted by Gasteiger charge is -2.30.